The van der Waals surface area contributed by atoms with E-state index < -0.39 is 0 Å². The van der Waals surface area contributed by atoms with E-state index >= 15 is 0 Å². The maximum atomic E-state index is 11.5. The topological polar surface area (TPSA) is 38.8 Å². The third-order valence-electron chi connectivity index (χ3n) is 3.36. The van der Waals surface area contributed by atoms with Gasteiger partial charge in [0.05, 0.1) is 19.1 Å². The van der Waals surface area contributed by atoms with Crippen molar-refractivity contribution >= 4 is 5.97 Å². The lowest BCUT2D eigenvalue weighted by Crippen LogP contribution is -2.45. The molecule has 0 saturated carbocycles. The molecule has 0 radical (unpaired) electrons. The van der Waals surface area contributed by atoms with Crippen molar-refractivity contribution < 1.29 is 14.3 Å². The van der Waals surface area contributed by atoms with E-state index in [0.29, 0.717) is 19.1 Å². The summed E-state index contributed by atoms with van der Waals surface area (Å²) < 4.78 is 10.8. The molecular formula is C14H27NO3. The van der Waals surface area contributed by atoms with Crippen LogP contribution < -0.4 is 0 Å². The molecule has 4 nitrogen and oxygen atoms in total. The Morgan fingerprint density at radius 2 is 2.22 bits per heavy atom. The minimum absolute atomic E-state index is 0.0957. The van der Waals surface area contributed by atoms with Crippen LogP contribution in [0.2, 0.25) is 0 Å². The molecule has 0 aromatic rings. The molecule has 0 bridgehead atoms. The van der Waals surface area contributed by atoms with Gasteiger partial charge >= 0.3 is 5.97 Å². The highest BCUT2D eigenvalue weighted by molar-refractivity contribution is 5.70. The van der Waals surface area contributed by atoms with Crippen molar-refractivity contribution in [3.8, 4) is 0 Å². The summed E-state index contributed by atoms with van der Waals surface area (Å²) in [4.78, 5) is 13.8. The van der Waals surface area contributed by atoms with Gasteiger partial charge in [-0.1, -0.05) is 6.92 Å². The van der Waals surface area contributed by atoms with Crippen LogP contribution in [-0.2, 0) is 14.3 Å². The fourth-order valence-corrected chi connectivity index (χ4v) is 2.38. The molecule has 0 N–H and O–H groups in total. The lowest BCUT2D eigenvalue weighted by atomic mass is 10.0. The predicted octanol–water partition coefficient (Wildman–Crippen LogP) is 2.22. The van der Waals surface area contributed by atoms with E-state index in [-0.39, 0.29) is 12.0 Å². The lowest BCUT2D eigenvalue weighted by molar-refractivity contribution is -0.144. The number of ether oxygens (including phenoxy) is 2. The van der Waals surface area contributed by atoms with Crippen molar-refractivity contribution in [2.75, 3.05) is 26.3 Å². The van der Waals surface area contributed by atoms with Gasteiger partial charge in [-0.2, -0.15) is 0 Å². The summed E-state index contributed by atoms with van der Waals surface area (Å²) in [7, 11) is 0. The van der Waals surface area contributed by atoms with Gasteiger partial charge in [0.25, 0.3) is 0 Å². The summed E-state index contributed by atoms with van der Waals surface area (Å²) in [6.45, 7) is 9.38. The summed E-state index contributed by atoms with van der Waals surface area (Å²) in [5.41, 5.74) is 0. The monoisotopic (exact) mass is 257 g/mol. The molecule has 106 valence electrons. The van der Waals surface area contributed by atoms with Gasteiger partial charge in [-0.25, -0.2) is 0 Å². The molecular weight excluding hydrogens is 230 g/mol. The zero-order valence-corrected chi connectivity index (χ0v) is 12.0. The van der Waals surface area contributed by atoms with Crippen molar-refractivity contribution in [2.24, 2.45) is 0 Å². The van der Waals surface area contributed by atoms with Crippen LogP contribution in [0.1, 0.15) is 46.5 Å². The van der Waals surface area contributed by atoms with Crippen LogP contribution in [0.15, 0.2) is 0 Å². The molecule has 0 aromatic heterocycles. The average Bonchev–Trinajstić information content (AvgIpc) is 2.37. The second-order valence-corrected chi connectivity index (χ2v) is 4.99. The zero-order valence-electron chi connectivity index (χ0n) is 12.0. The van der Waals surface area contributed by atoms with Crippen molar-refractivity contribution in [1.29, 1.82) is 0 Å². The van der Waals surface area contributed by atoms with E-state index in [2.05, 4.69) is 18.7 Å². The Kier molecular flexibility index (Phi) is 7.28. The number of likely N-dealkylation sites (tertiary alicyclic amines) is 1. The van der Waals surface area contributed by atoms with Gasteiger partial charge in [0.15, 0.2) is 0 Å². The molecule has 1 aliphatic heterocycles. The number of rotatable bonds is 7. The summed E-state index contributed by atoms with van der Waals surface area (Å²) in [6.07, 6.45) is 4.18. The lowest BCUT2D eigenvalue weighted by Gasteiger charge is -2.36. The molecule has 18 heavy (non-hydrogen) atoms. The molecule has 0 aromatic carbocycles. The van der Waals surface area contributed by atoms with Gasteiger partial charge in [0.2, 0.25) is 0 Å². The number of carbonyl (C=O) groups excluding carboxylic acids is 1. The summed E-state index contributed by atoms with van der Waals surface area (Å²) in [5.74, 6) is -0.0957. The maximum absolute atomic E-state index is 11.5. The Balaban J connectivity index is 2.33. The maximum Gasteiger partial charge on any atom is 0.307 e. The second kappa shape index (κ2) is 8.48. The van der Waals surface area contributed by atoms with Crippen LogP contribution in [0.3, 0.4) is 0 Å². The molecule has 1 aliphatic rings. The molecule has 1 saturated heterocycles. The molecule has 1 rings (SSSR count). The minimum Gasteiger partial charge on any atom is -0.466 e. The fraction of sp³-hybridized carbons (Fsp3) is 0.929. The number of carbonyl (C=O) groups is 1. The van der Waals surface area contributed by atoms with E-state index in [9.17, 15) is 4.79 Å². The quantitative estimate of drug-likeness (QED) is 0.656. The van der Waals surface area contributed by atoms with Gasteiger partial charge in [-0.05, 0) is 39.7 Å². The highest BCUT2D eigenvalue weighted by Crippen LogP contribution is 2.17. The average molecular weight is 257 g/mol. The van der Waals surface area contributed by atoms with E-state index in [1.807, 2.05) is 6.92 Å². The van der Waals surface area contributed by atoms with Crippen molar-refractivity contribution in [1.82, 2.24) is 4.90 Å². The van der Waals surface area contributed by atoms with Crippen LogP contribution in [0.25, 0.3) is 0 Å². The van der Waals surface area contributed by atoms with E-state index in [1.54, 1.807) is 0 Å². The zero-order chi connectivity index (χ0) is 13.4. The van der Waals surface area contributed by atoms with Gasteiger partial charge in [0, 0.05) is 19.2 Å². The standard InChI is InChI=1S/C14H27NO3/c1-4-9-18-13-7-6-8-15(11-13)12(3)10-14(16)17-5-2/h12-13H,4-11H2,1-3H3. The van der Waals surface area contributed by atoms with Gasteiger partial charge in [-0.3, -0.25) is 9.69 Å². The van der Waals surface area contributed by atoms with Crippen molar-refractivity contribution in [3.05, 3.63) is 0 Å². The smallest absolute Gasteiger partial charge is 0.307 e. The van der Waals surface area contributed by atoms with Gasteiger partial charge < -0.3 is 9.47 Å². The molecule has 0 amide bonds. The van der Waals surface area contributed by atoms with Crippen molar-refractivity contribution in [2.45, 2.75) is 58.6 Å². The second-order valence-electron chi connectivity index (χ2n) is 4.99. The van der Waals surface area contributed by atoms with Crippen LogP contribution in [0.4, 0.5) is 0 Å². The van der Waals surface area contributed by atoms with Crippen molar-refractivity contribution in [3.63, 3.8) is 0 Å². The fourth-order valence-electron chi connectivity index (χ4n) is 2.38. The highest BCUT2D eigenvalue weighted by Gasteiger charge is 2.25. The number of esters is 1. The normalized spacial score (nSPS) is 22.7. The Bertz CT molecular complexity index is 245. The third-order valence-corrected chi connectivity index (χ3v) is 3.36. The first-order valence-electron chi connectivity index (χ1n) is 7.18. The molecule has 2 atom stereocenters. The molecule has 1 fully saturated rings. The van der Waals surface area contributed by atoms with Gasteiger partial charge in [0.1, 0.15) is 0 Å². The summed E-state index contributed by atoms with van der Waals surface area (Å²) in [6, 6.07) is 0.247. The molecule has 4 heteroatoms. The third kappa shape index (κ3) is 5.36. The molecule has 2 unspecified atom stereocenters. The van der Waals surface area contributed by atoms with E-state index in [1.165, 1.54) is 0 Å². The first-order chi connectivity index (χ1) is 8.67. The minimum atomic E-state index is -0.0957. The molecule has 0 spiro atoms. The van der Waals surface area contributed by atoms with Gasteiger partial charge in [-0.15, -0.1) is 0 Å². The Hall–Kier alpha value is -0.610. The Morgan fingerprint density at radius 1 is 1.44 bits per heavy atom. The summed E-state index contributed by atoms with van der Waals surface area (Å²) >= 11 is 0. The number of hydrogen-bond acceptors (Lipinski definition) is 4. The molecule has 0 aliphatic carbocycles. The SMILES string of the molecule is CCCOC1CCCN(C(C)CC(=O)OCC)C1. The largest absolute Gasteiger partial charge is 0.466 e. The first-order valence-corrected chi connectivity index (χ1v) is 7.18. The Morgan fingerprint density at radius 3 is 2.89 bits per heavy atom. The van der Waals surface area contributed by atoms with Crippen LogP contribution in [-0.4, -0.2) is 49.3 Å². The highest BCUT2D eigenvalue weighted by atomic mass is 16.5. The van der Waals surface area contributed by atoms with E-state index in [4.69, 9.17) is 9.47 Å². The summed E-state index contributed by atoms with van der Waals surface area (Å²) in [5, 5.41) is 0. The Labute approximate surface area is 111 Å². The first kappa shape index (κ1) is 15.4. The molecule has 1 heterocycles. The number of hydrogen-bond donors (Lipinski definition) is 0. The van der Waals surface area contributed by atoms with Crippen LogP contribution in [0.5, 0.6) is 0 Å². The van der Waals surface area contributed by atoms with E-state index in [0.717, 1.165) is 39.0 Å². The van der Waals surface area contributed by atoms with Crippen LogP contribution >= 0.6 is 0 Å². The number of piperidine rings is 1. The predicted molar refractivity (Wildman–Crippen MR) is 71.6 cm³/mol. The van der Waals surface area contributed by atoms with Crippen LogP contribution in [0, 0.1) is 0 Å². The number of nitrogens with zero attached hydrogens (tertiary/aromatic N) is 1.